The standard InChI is InChI=1S/C12H10FN3S/c1-7-11(17-12(15)16-7)5-8-3-2-4-10(13)9(8)6-14/h2-4H,5H2,1H3,(H2,15,16). The second-order valence-electron chi connectivity index (χ2n) is 3.62. The zero-order chi connectivity index (χ0) is 12.4. The highest BCUT2D eigenvalue weighted by Gasteiger charge is 2.12. The van der Waals surface area contributed by atoms with Crippen LogP contribution in [0.2, 0.25) is 0 Å². The van der Waals surface area contributed by atoms with Crippen LogP contribution in [0.3, 0.4) is 0 Å². The molecule has 0 amide bonds. The molecule has 2 rings (SSSR count). The van der Waals surface area contributed by atoms with Crippen LogP contribution in [0.5, 0.6) is 0 Å². The molecule has 1 heterocycles. The molecular formula is C12H10FN3S. The van der Waals surface area contributed by atoms with Crippen LogP contribution < -0.4 is 5.73 Å². The summed E-state index contributed by atoms with van der Waals surface area (Å²) in [6.07, 6.45) is 0.487. The summed E-state index contributed by atoms with van der Waals surface area (Å²) in [5.41, 5.74) is 7.20. The van der Waals surface area contributed by atoms with Crippen molar-refractivity contribution < 1.29 is 4.39 Å². The van der Waals surface area contributed by atoms with E-state index in [-0.39, 0.29) is 5.56 Å². The van der Waals surface area contributed by atoms with E-state index in [1.165, 1.54) is 17.4 Å². The van der Waals surface area contributed by atoms with Gasteiger partial charge in [-0.15, -0.1) is 11.3 Å². The summed E-state index contributed by atoms with van der Waals surface area (Å²) in [6.45, 7) is 1.85. The van der Waals surface area contributed by atoms with Gasteiger partial charge < -0.3 is 5.73 Å². The minimum atomic E-state index is -0.486. The van der Waals surface area contributed by atoms with Crippen molar-refractivity contribution in [2.75, 3.05) is 5.73 Å². The predicted octanol–water partition coefficient (Wildman–Crippen LogP) is 2.64. The van der Waals surface area contributed by atoms with E-state index >= 15 is 0 Å². The largest absolute Gasteiger partial charge is 0.375 e. The summed E-state index contributed by atoms with van der Waals surface area (Å²) in [5, 5.41) is 9.42. The number of hydrogen-bond donors (Lipinski definition) is 1. The van der Waals surface area contributed by atoms with Crippen molar-refractivity contribution in [1.82, 2.24) is 4.98 Å². The Bertz CT molecular complexity index is 598. The molecule has 0 saturated carbocycles. The van der Waals surface area contributed by atoms with E-state index in [9.17, 15) is 4.39 Å². The molecule has 0 spiro atoms. The summed E-state index contributed by atoms with van der Waals surface area (Å²) < 4.78 is 13.4. The van der Waals surface area contributed by atoms with Crippen LogP contribution in [-0.2, 0) is 6.42 Å². The van der Waals surface area contributed by atoms with Gasteiger partial charge in [-0.2, -0.15) is 5.26 Å². The molecule has 0 radical (unpaired) electrons. The van der Waals surface area contributed by atoms with Crippen LogP contribution in [0, 0.1) is 24.1 Å². The Morgan fingerprint density at radius 1 is 1.53 bits per heavy atom. The first-order chi connectivity index (χ1) is 8.11. The van der Waals surface area contributed by atoms with E-state index < -0.39 is 5.82 Å². The number of nitrogens with zero attached hydrogens (tertiary/aromatic N) is 2. The Balaban J connectivity index is 2.40. The molecule has 86 valence electrons. The molecule has 0 unspecified atom stereocenters. The monoisotopic (exact) mass is 247 g/mol. The number of nitrogens with two attached hydrogens (primary N) is 1. The first-order valence-electron chi connectivity index (χ1n) is 5.01. The fraction of sp³-hybridized carbons (Fsp3) is 0.167. The number of aryl methyl sites for hydroxylation is 1. The van der Waals surface area contributed by atoms with Gasteiger partial charge in [0.25, 0.3) is 0 Å². The third-order valence-electron chi connectivity index (χ3n) is 2.47. The summed E-state index contributed by atoms with van der Waals surface area (Å²) in [5.74, 6) is -0.486. The van der Waals surface area contributed by atoms with Gasteiger partial charge in [0.2, 0.25) is 0 Å². The van der Waals surface area contributed by atoms with Gasteiger partial charge in [0.1, 0.15) is 11.9 Å². The molecule has 3 nitrogen and oxygen atoms in total. The maximum absolute atomic E-state index is 13.4. The average Bonchev–Trinajstić information content (AvgIpc) is 2.58. The van der Waals surface area contributed by atoms with Crippen molar-refractivity contribution in [3.05, 3.63) is 45.7 Å². The molecule has 0 bridgehead atoms. The predicted molar refractivity (Wildman–Crippen MR) is 65.2 cm³/mol. The molecule has 17 heavy (non-hydrogen) atoms. The van der Waals surface area contributed by atoms with E-state index in [1.807, 2.05) is 13.0 Å². The zero-order valence-corrected chi connectivity index (χ0v) is 10.0. The lowest BCUT2D eigenvalue weighted by Crippen LogP contribution is -1.95. The van der Waals surface area contributed by atoms with E-state index in [0.717, 1.165) is 10.6 Å². The number of benzene rings is 1. The van der Waals surface area contributed by atoms with E-state index in [2.05, 4.69) is 4.98 Å². The van der Waals surface area contributed by atoms with E-state index in [0.29, 0.717) is 17.1 Å². The Morgan fingerprint density at radius 2 is 2.29 bits per heavy atom. The Kier molecular flexibility index (Phi) is 3.07. The van der Waals surface area contributed by atoms with Crippen LogP contribution in [-0.4, -0.2) is 4.98 Å². The summed E-state index contributed by atoms with van der Waals surface area (Å²) in [6, 6.07) is 6.53. The van der Waals surface area contributed by atoms with Crippen LogP contribution in [0.25, 0.3) is 0 Å². The number of hydrogen-bond acceptors (Lipinski definition) is 4. The average molecular weight is 247 g/mol. The van der Waals surface area contributed by atoms with Crippen molar-refractivity contribution in [2.24, 2.45) is 0 Å². The fourth-order valence-electron chi connectivity index (χ4n) is 1.63. The summed E-state index contributed by atoms with van der Waals surface area (Å²) >= 11 is 1.37. The Hall–Kier alpha value is -1.93. The second-order valence-corrected chi connectivity index (χ2v) is 4.74. The number of anilines is 1. The minimum Gasteiger partial charge on any atom is -0.375 e. The number of aromatic nitrogens is 1. The fourth-order valence-corrected chi connectivity index (χ4v) is 2.48. The lowest BCUT2D eigenvalue weighted by molar-refractivity contribution is 0.622. The van der Waals surface area contributed by atoms with Crippen LogP contribution in [0.15, 0.2) is 18.2 Å². The molecule has 0 fully saturated rings. The molecule has 0 aliphatic heterocycles. The van der Waals surface area contributed by atoms with Gasteiger partial charge in [-0.1, -0.05) is 12.1 Å². The first-order valence-corrected chi connectivity index (χ1v) is 5.82. The second kappa shape index (κ2) is 4.52. The normalized spacial score (nSPS) is 10.2. The maximum Gasteiger partial charge on any atom is 0.180 e. The molecule has 5 heteroatoms. The van der Waals surface area contributed by atoms with E-state index in [4.69, 9.17) is 11.0 Å². The molecule has 1 aromatic heterocycles. The third kappa shape index (κ3) is 2.27. The van der Waals surface area contributed by atoms with Gasteiger partial charge in [-0.05, 0) is 18.6 Å². The highest BCUT2D eigenvalue weighted by atomic mass is 32.1. The summed E-state index contributed by atoms with van der Waals surface area (Å²) in [7, 11) is 0. The van der Waals surface area contributed by atoms with Crippen molar-refractivity contribution >= 4 is 16.5 Å². The molecular weight excluding hydrogens is 237 g/mol. The molecule has 2 N–H and O–H groups in total. The van der Waals surface area contributed by atoms with Gasteiger partial charge in [0.05, 0.1) is 11.3 Å². The molecule has 2 aromatic rings. The molecule has 1 aromatic carbocycles. The topological polar surface area (TPSA) is 62.7 Å². The SMILES string of the molecule is Cc1nc(N)sc1Cc1cccc(F)c1C#N. The lowest BCUT2D eigenvalue weighted by Gasteiger charge is -2.03. The van der Waals surface area contributed by atoms with Crippen molar-refractivity contribution in [2.45, 2.75) is 13.3 Å². The van der Waals surface area contributed by atoms with Crippen molar-refractivity contribution in [3.63, 3.8) is 0 Å². The zero-order valence-electron chi connectivity index (χ0n) is 9.20. The highest BCUT2D eigenvalue weighted by molar-refractivity contribution is 7.15. The van der Waals surface area contributed by atoms with Gasteiger partial charge in [0, 0.05) is 11.3 Å². The third-order valence-corrected chi connectivity index (χ3v) is 3.46. The molecule has 0 aliphatic rings. The molecule has 0 aliphatic carbocycles. The van der Waals surface area contributed by atoms with Crippen molar-refractivity contribution in [1.29, 1.82) is 5.26 Å². The van der Waals surface area contributed by atoms with Crippen molar-refractivity contribution in [3.8, 4) is 6.07 Å². The van der Waals surface area contributed by atoms with Crippen LogP contribution in [0.1, 0.15) is 21.7 Å². The number of halogens is 1. The van der Waals surface area contributed by atoms with Gasteiger partial charge >= 0.3 is 0 Å². The summed E-state index contributed by atoms with van der Waals surface area (Å²) in [4.78, 5) is 5.07. The number of nitriles is 1. The number of nitrogen functional groups attached to an aromatic ring is 1. The number of rotatable bonds is 2. The number of thiazole rings is 1. The van der Waals surface area contributed by atoms with Crippen LogP contribution >= 0.6 is 11.3 Å². The Labute approximate surface area is 102 Å². The van der Waals surface area contributed by atoms with E-state index in [1.54, 1.807) is 12.1 Å². The minimum absolute atomic E-state index is 0.0962. The lowest BCUT2D eigenvalue weighted by atomic mass is 10.0. The quantitative estimate of drug-likeness (QED) is 0.887. The smallest absolute Gasteiger partial charge is 0.180 e. The first kappa shape index (κ1) is 11.6. The Morgan fingerprint density at radius 3 is 2.88 bits per heavy atom. The van der Waals surface area contributed by atoms with Crippen LogP contribution in [0.4, 0.5) is 9.52 Å². The van der Waals surface area contributed by atoms with Gasteiger partial charge in [0.15, 0.2) is 5.13 Å². The maximum atomic E-state index is 13.4. The molecule has 0 saturated heterocycles. The highest BCUT2D eigenvalue weighted by Crippen LogP contribution is 2.24. The van der Waals surface area contributed by atoms with Gasteiger partial charge in [-0.3, -0.25) is 0 Å². The molecule has 0 atom stereocenters. The van der Waals surface area contributed by atoms with Gasteiger partial charge in [-0.25, -0.2) is 9.37 Å².